The van der Waals surface area contributed by atoms with Crippen molar-refractivity contribution in [3.05, 3.63) is 35.9 Å². The first kappa shape index (κ1) is 17.1. The number of hydrogen-bond acceptors (Lipinski definition) is 4. The van der Waals surface area contributed by atoms with Crippen molar-refractivity contribution in [3.8, 4) is 0 Å². The van der Waals surface area contributed by atoms with Gasteiger partial charge in [0.2, 0.25) is 5.91 Å². The fourth-order valence-electron chi connectivity index (χ4n) is 2.14. The van der Waals surface area contributed by atoms with E-state index in [0.717, 1.165) is 12.0 Å². The molecule has 1 aromatic rings. The maximum Gasteiger partial charge on any atom is 0.255 e. The van der Waals surface area contributed by atoms with Gasteiger partial charge in [-0.25, -0.2) is 5.84 Å². The molecule has 0 heterocycles. The average molecular weight is 292 g/mol. The lowest BCUT2D eigenvalue weighted by Gasteiger charge is -2.30. The van der Waals surface area contributed by atoms with Crippen molar-refractivity contribution in [2.75, 3.05) is 27.2 Å². The molecule has 0 fully saturated rings. The molecule has 0 aliphatic carbocycles. The molecule has 1 unspecified atom stereocenters. The van der Waals surface area contributed by atoms with Gasteiger partial charge < -0.3 is 4.90 Å². The van der Waals surface area contributed by atoms with Crippen LogP contribution in [0.25, 0.3) is 0 Å². The van der Waals surface area contributed by atoms with Crippen molar-refractivity contribution in [2.45, 2.75) is 19.4 Å². The summed E-state index contributed by atoms with van der Waals surface area (Å²) in [7, 11) is 3.40. The Kier molecular flexibility index (Phi) is 6.84. The van der Waals surface area contributed by atoms with Gasteiger partial charge in [0.15, 0.2) is 0 Å². The van der Waals surface area contributed by atoms with Crippen LogP contribution in [0.5, 0.6) is 0 Å². The molecular formula is C15H24N4O2. The molecule has 0 aromatic heterocycles. The lowest BCUT2D eigenvalue weighted by atomic mass is 10.0. The number of rotatable bonds is 7. The van der Waals surface area contributed by atoms with Gasteiger partial charge in [-0.3, -0.25) is 19.9 Å². The number of likely N-dealkylation sites (N-methyl/N-ethyl adjacent to an activating group) is 1. The minimum atomic E-state index is -0.569. The molecular weight excluding hydrogens is 268 g/mol. The number of carbonyl (C=O) groups is 2. The molecule has 116 valence electrons. The Morgan fingerprint density at radius 1 is 1.24 bits per heavy atom. The van der Waals surface area contributed by atoms with Crippen LogP contribution in [0.3, 0.4) is 0 Å². The van der Waals surface area contributed by atoms with Gasteiger partial charge in [-0.1, -0.05) is 37.3 Å². The van der Waals surface area contributed by atoms with Crippen LogP contribution in [0.15, 0.2) is 30.3 Å². The van der Waals surface area contributed by atoms with E-state index in [9.17, 15) is 9.59 Å². The molecule has 0 aliphatic rings. The van der Waals surface area contributed by atoms with E-state index < -0.39 is 6.04 Å². The zero-order valence-corrected chi connectivity index (χ0v) is 12.9. The van der Waals surface area contributed by atoms with E-state index >= 15 is 0 Å². The second-order valence-corrected chi connectivity index (χ2v) is 5.08. The Bertz CT molecular complexity index is 462. The van der Waals surface area contributed by atoms with Crippen molar-refractivity contribution >= 4 is 11.8 Å². The second-order valence-electron chi connectivity index (χ2n) is 5.08. The molecule has 1 atom stereocenters. The van der Waals surface area contributed by atoms with Gasteiger partial charge in [0.1, 0.15) is 6.04 Å². The summed E-state index contributed by atoms with van der Waals surface area (Å²) in [5, 5.41) is 0. The smallest absolute Gasteiger partial charge is 0.255 e. The average Bonchev–Trinajstić information content (AvgIpc) is 2.48. The third-order valence-electron chi connectivity index (χ3n) is 3.22. The van der Waals surface area contributed by atoms with Crippen molar-refractivity contribution < 1.29 is 9.59 Å². The molecule has 21 heavy (non-hydrogen) atoms. The number of hydrazine groups is 1. The standard InChI is InChI=1S/C15H24N4O2/c1-4-10-19(11-13(20)18(2)3)14(15(21)17-16)12-8-6-5-7-9-12/h5-9,14H,4,10-11,16H2,1-3H3,(H,17,21). The molecule has 1 rings (SSSR count). The highest BCUT2D eigenvalue weighted by Gasteiger charge is 2.28. The zero-order valence-electron chi connectivity index (χ0n) is 12.9. The second kappa shape index (κ2) is 8.39. The van der Waals surface area contributed by atoms with E-state index in [2.05, 4.69) is 5.43 Å². The normalized spacial score (nSPS) is 12.0. The number of nitrogens with two attached hydrogens (primary N) is 1. The Labute approximate surface area is 125 Å². The molecule has 0 radical (unpaired) electrons. The van der Waals surface area contributed by atoms with Gasteiger partial charge in [-0.05, 0) is 18.5 Å². The summed E-state index contributed by atoms with van der Waals surface area (Å²) in [5.41, 5.74) is 3.02. The van der Waals surface area contributed by atoms with Crippen LogP contribution >= 0.6 is 0 Å². The van der Waals surface area contributed by atoms with E-state index in [1.807, 2.05) is 42.2 Å². The summed E-state index contributed by atoms with van der Waals surface area (Å²) in [6, 6.07) is 8.77. The third kappa shape index (κ3) is 4.84. The Morgan fingerprint density at radius 3 is 2.33 bits per heavy atom. The first-order chi connectivity index (χ1) is 10.0. The summed E-state index contributed by atoms with van der Waals surface area (Å²) in [6.07, 6.45) is 0.835. The largest absolute Gasteiger partial charge is 0.348 e. The molecule has 0 saturated heterocycles. The molecule has 0 spiro atoms. The minimum absolute atomic E-state index is 0.0470. The van der Waals surface area contributed by atoms with Crippen molar-refractivity contribution in [3.63, 3.8) is 0 Å². The molecule has 0 bridgehead atoms. The Hall–Kier alpha value is -1.92. The number of hydrogen-bond donors (Lipinski definition) is 2. The predicted octanol–water partition coefficient (Wildman–Crippen LogP) is 0.518. The van der Waals surface area contributed by atoms with Crippen molar-refractivity contribution in [2.24, 2.45) is 5.84 Å². The monoisotopic (exact) mass is 292 g/mol. The Balaban J connectivity index is 3.06. The van der Waals surface area contributed by atoms with Crippen molar-refractivity contribution in [1.29, 1.82) is 0 Å². The van der Waals surface area contributed by atoms with Gasteiger partial charge in [0.05, 0.1) is 6.54 Å². The number of nitrogens with zero attached hydrogens (tertiary/aromatic N) is 2. The van der Waals surface area contributed by atoms with Crippen LogP contribution in [0, 0.1) is 0 Å². The lowest BCUT2D eigenvalue weighted by molar-refractivity contribution is -0.133. The van der Waals surface area contributed by atoms with Crippen LogP contribution in [0.1, 0.15) is 24.9 Å². The van der Waals surface area contributed by atoms with Gasteiger partial charge in [0, 0.05) is 14.1 Å². The predicted molar refractivity (Wildman–Crippen MR) is 82.1 cm³/mol. The zero-order chi connectivity index (χ0) is 15.8. The highest BCUT2D eigenvalue weighted by molar-refractivity contribution is 5.84. The van der Waals surface area contributed by atoms with Crippen LogP contribution in [-0.2, 0) is 9.59 Å². The molecule has 3 N–H and O–H groups in total. The summed E-state index contributed by atoms with van der Waals surface area (Å²) >= 11 is 0. The van der Waals surface area contributed by atoms with E-state index in [4.69, 9.17) is 5.84 Å². The molecule has 6 heteroatoms. The van der Waals surface area contributed by atoms with Crippen LogP contribution in [0.2, 0.25) is 0 Å². The van der Waals surface area contributed by atoms with Crippen LogP contribution in [-0.4, -0.2) is 48.8 Å². The Morgan fingerprint density at radius 2 is 1.86 bits per heavy atom. The SMILES string of the molecule is CCCN(CC(=O)N(C)C)C(C(=O)NN)c1ccccc1. The van der Waals surface area contributed by atoms with Crippen LogP contribution < -0.4 is 11.3 Å². The molecule has 2 amide bonds. The van der Waals surface area contributed by atoms with E-state index in [0.29, 0.717) is 6.54 Å². The molecule has 0 aliphatic heterocycles. The number of benzene rings is 1. The van der Waals surface area contributed by atoms with Gasteiger partial charge in [0.25, 0.3) is 5.91 Å². The fraction of sp³-hybridized carbons (Fsp3) is 0.467. The number of amides is 2. The highest BCUT2D eigenvalue weighted by Crippen LogP contribution is 2.21. The van der Waals surface area contributed by atoms with E-state index in [1.54, 1.807) is 14.1 Å². The molecule has 6 nitrogen and oxygen atoms in total. The summed E-state index contributed by atoms with van der Waals surface area (Å²) in [6.45, 7) is 2.82. The highest BCUT2D eigenvalue weighted by atomic mass is 16.2. The van der Waals surface area contributed by atoms with Crippen molar-refractivity contribution in [1.82, 2.24) is 15.2 Å². The van der Waals surface area contributed by atoms with Gasteiger partial charge in [-0.15, -0.1) is 0 Å². The van der Waals surface area contributed by atoms with Crippen LogP contribution in [0.4, 0.5) is 0 Å². The summed E-state index contributed by atoms with van der Waals surface area (Å²) in [4.78, 5) is 27.5. The first-order valence-corrected chi connectivity index (χ1v) is 7.00. The quantitative estimate of drug-likeness (QED) is 0.436. The maximum atomic E-state index is 12.2. The minimum Gasteiger partial charge on any atom is -0.348 e. The molecule has 1 aromatic carbocycles. The fourth-order valence-corrected chi connectivity index (χ4v) is 2.14. The first-order valence-electron chi connectivity index (χ1n) is 7.00. The van der Waals surface area contributed by atoms with E-state index in [1.165, 1.54) is 4.90 Å². The number of carbonyl (C=O) groups excluding carboxylic acids is 2. The number of nitrogens with one attached hydrogen (secondary N) is 1. The van der Waals surface area contributed by atoms with Gasteiger partial charge >= 0.3 is 0 Å². The summed E-state index contributed by atoms with van der Waals surface area (Å²) in [5.74, 6) is 4.95. The van der Waals surface area contributed by atoms with Gasteiger partial charge in [-0.2, -0.15) is 0 Å². The third-order valence-corrected chi connectivity index (χ3v) is 3.22. The van der Waals surface area contributed by atoms with E-state index in [-0.39, 0.29) is 18.4 Å². The topological polar surface area (TPSA) is 78.7 Å². The lowest BCUT2D eigenvalue weighted by Crippen LogP contribution is -2.46. The maximum absolute atomic E-state index is 12.2. The molecule has 0 saturated carbocycles. The summed E-state index contributed by atoms with van der Waals surface area (Å²) < 4.78 is 0.